The Kier molecular flexibility index (Phi) is 4.75. The molecular formula is C21H26F2N4O2. The fourth-order valence-electron chi connectivity index (χ4n) is 3.37. The number of carbonyl (C=O) groups excluding carboxylic acids is 1. The average Bonchev–Trinajstić information content (AvgIpc) is 3.35. The van der Waals surface area contributed by atoms with Crippen LogP contribution in [0.1, 0.15) is 48.4 Å². The highest BCUT2D eigenvalue weighted by Gasteiger charge is 2.45. The topological polar surface area (TPSA) is 70.2 Å². The summed E-state index contributed by atoms with van der Waals surface area (Å²) in [4.78, 5) is 14.5. The average molecular weight is 404 g/mol. The molecule has 156 valence electrons. The molecule has 2 aliphatic rings. The number of alkyl halides is 2. The van der Waals surface area contributed by atoms with Gasteiger partial charge in [0, 0.05) is 11.3 Å². The van der Waals surface area contributed by atoms with Gasteiger partial charge in [-0.1, -0.05) is 0 Å². The van der Waals surface area contributed by atoms with Crippen LogP contribution in [0.3, 0.4) is 0 Å². The summed E-state index contributed by atoms with van der Waals surface area (Å²) in [5, 5.41) is 10.1. The lowest BCUT2D eigenvalue weighted by Gasteiger charge is -2.41. The third-order valence-electron chi connectivity index (χ3n) is 5.35. The molecule has 0 unspecified atom stereocenters. The van der Waals surface area contributed by atoms with Gasteiger partial charge < -0.3 is 15.0 Å². The number of carbonyl (C=O) groups is 1. The lowest BCUT2D eigenvalue weighted by atomic mass is 9.99. The molecule has 6 nitrogen and oxygen atoms in total. The number of aromatic amines is 1. The highest BCUT2D eigenvalue weighted by atomic mass is 19.3. The Morgan fingerprint density at radius 2 is 2.07 bits per heavy atom. The molecule has 1 aliphatic carbocycles. The van der Waals surface area contributed by atoms with E-state index in [-0.39, 0.29) is 19.0 Å². The third-order valence-corrected chi connectivity index (χ3v) is 5.35. The van der Waals surface area contributed by atoms with Crippen molar-refractivity contribution in [2.75, 3.05) is 24.6 Å². The van der Waals surface area contributed by atoms with Crippen LogP contribution in [-0.4, -0.2) is 41.7 Å². The van der Waals surface area contributed by atoms with Gasteiger partial charge in [-0.25, -0.2) is 8.78 Å². The van der Waals surface area contributed by atoms with Crippen molar-refractivity contribution in [3.05, 3.63) is 41.2 Å². The van der Waals surface area contributed by atoms with Gasteiger partial charge in [0.2, 0.25) is 0 Å². The Hall–Kier alpha value is -2.64. The lowest BCUT2D eigenvalue weighted by Crippen LogP contribution is -2.56. The van der Waals surface area contributed by atoms with Crippen LogP contribution in [0, 0.1) is 12.8 Å². The molecule has 0 bridgehead atoms. The molecule has 2 heterocycles. The summed E-state index contributed by atoms with van der Waals surface area (Å²) >= 11 is 0. The molecule has 29 heavy (non-hydrogen) atoms. The summed E-state index contributed by atoms with van der Waals surface area (Å²) in [6, 6.07) is 6.88. The van der Waals surface area contributed by atoms with Gasteiger partial charge in [-0.2, -0.15) is 5.10 Å². The largest absolute Gasteiger partial charge is 0.491 e. The Morgan fingerprint density at radius 1 is 1.34 bits per heavy atom. The number of ether oxygens (including phenoxy) is 1. The highest BCUT2D eigenvalue weighted by Crippen LogP contribution is 2.39. The maximum absolute atomic E-state index is 13.3. The van der Waals surface area contributed by atoms with Crippen LogP contribution in [-0.2, 0) is 5.54 Å². The molecule has 1 amide bonds. The zero-order valence-corrected chi connectivity index (χ0v) is 16.9. The number of aromatic nitrogens is 2. The zero-order valence-electron chi connectivity index (χ0n) is 16.9. The maximum atomic E-state index is 13.3. The van der Waals surface area contributed by atoms with Gasteiger partial charge in [0.15, 0.2) is 0 Å². The number of benzene rings is 1. The number of nitrogens with one attached hydrogen (secondary N) is 2. The number of rotatable bonds is 7. The molecule has 8 heteroatoms. The van der Waals surface area contributed by atoms with Crippen molar-refractivity contribution in [1.29, 1.82) is 0 Å². The summed E-state index contributed by atoms with van der Waals surface area (Å²) in [6.45, 7) is 5.53. The van der Waals surface area contributed by atoms with Crippen LogP contribution in [0.15, 0.2) is 24.3 Å². The quantitative estimate of drug-likeness (QED) is 0.739. The summed E-state index contributed by atoms with van der Waals surface area (Å²) < 4.78 is 32.6. The van der Waals surface area contributed by atoms with Crippen molar-refractivity contribution in [3.8, 4) is 5.75 Å². The second-order valence-electron chi connectivity index (χ2n) is 8.66. The fourth-order valence-corrected chi connectivity index (χ4v) is 3.37. The predicted octanol–water partition coefficient (Wildman–Crippen LogP) is 3.63. The molecule has 0 radical (unpaired) electrons. The minimum Gasteiger partial charge on any atom is -0.491 e. The van der Waals surface area contributed by atoms with E-state index in [1.165, 1.54) is 0 Å². The molecule has 2 fully saturated rings. The van der Waals surface area contributed by atoms with Crippen molar-refractivity contribution in [1.82, 2.24) is 15.5 Å². The van der Waals surface area contributed by atoms with E-state index < -0.39 is 11.5 Å². The van der Waals surface area contributed by atoms with Gasteiger partial charge in [-0.3, -0.25) is 9.89 Å². The van der Waals surface area contributed by atoms with E-state index >= 15 is 0 Å². The van der Waals surface area contributed by atoms with Crippen molar-refractivity contribution in [3.63, 3.8) is 0 Å². The van der Waals surface area contributed by atoms with E-state index in [9.17, 15) is 13.6 Å². The molecule has 2 aromatic rings. The van der Waals surface area contributed by atoms with E-state index in [4.69, 9.17) is 4.74 Å². The lowest BCUT2D eigenvalue weighted by molar-refractivity contribution is -0.0265. The predicted molar refractivity (Wildman–Crippen MR) is 106 cm³/mol. The molecule has 1 aromatic carbocycles. The van der Waals surface area contributed by atoms with Gasteiger partial charge in [0.25, 0.3) is 11.8 Å². The molecule has 0 atom stereocenters. The first kappa shape index (κ1) is 19.7. The minimum atomic E-state index is -2.67. The first-order valence-corrected chi connectivity index (χ1v) is 9.88. The van der Waals surface area contributed by atoms with Gasteiger partial charge in [0.1, 0.15) is 5.75 Å². The summed E-state index contributed by atoms with van der Waals surface area (Å²) in [5.74, 6) is -1.95. The number of halogens is 2. The number of amides is 1. The number of aryl methyl sites for hydroxylation is 1. The van der Waals surface area contributed by atoms with Crippen molar-refractivity contribution in [2.45, 2.75) is 45.1 Å². The monoisotopic (exact) mass is 404 g/mol. The molecule has 0 spiro atoms. The molecule has 1 aliphatic heterocycles. The number of hydrogen-bond donors (Lipinski definition) is 2. The number of anilines is 1. The summed E-state index contributed by atoms with van der Waals surface area (Å²) in [5.41, 5.74) is 2.00. The smallest absolute Gasteiger partial charge is 0.282 e. The normalized spacial score (nSPS) is 18.3. The van der Waals surface area contributed by atoms with E-state index in [2.05, 4.69) is 15.5 Å². The summed E-state index contributed by atoms with van der Waals surface area (Å²) in [7, 11) is 0. The Labute approximate surface area is 168 Å². The molecular weight excluding hydrogens is 378 g/mol. The molecule has 4 rings (SSSR count). The number of hydrogen-bond acceptors (Lipinski definition) is 4. The van der Waals surface area contributed by atoms with E-state index in [0.717, 1.165) is 24.2 Å². The maximum Gasteiger partial charge on any atom is 0.282 e. The van der Waals surface area contributed by atoms with Crippen LogP contribution >= 0.6 is 0 Å². The standard InChI is InChI=1S/C21H26F2N4O2/c1-13-8-18(26-25-13)20(2,3)24-19(28)15-6-7-16(27-11-21(22,23)12-27)17(9-15)29-10-14-4-5-14/h6-9,14H,4-5,10-12H2,1-3H3,(H,24,28)(H,25,26). The van der Waals surface area contributed by atoms with Gasteiger partial charge in [-0.05, 0) is 63.8 Å². The van der Waals surface area contributed by atoms with Gasteiger partial charge in [-0.15, -0.1) is 0 Å². The van der Waals surface area contributed by atoms with E-state index in [1.54, 1.807) is 23.1 Å². The van der Waals surface area contributed by atoms with Crippen LogP contribution in [0.5, 0.6) is 5.75 Å². The molecule has 1 aromatic heterocycles. The Morgan fingerprint density at radius 3 is 2.66 bits per heavy atom. The minimum absolute atomic E-state index is 0.271. The molecule has 1 saturated heterocycles. The first-order valence-electron chi connectivity index (χ1n) is 9.88. The van der Waals surface area contributed by atoms with Crippen molar-refractivity contribution >= 4 is 11.6 Å². The van der Waals surface area contributed by atoms with E-state index in [0.29, 0.717) is 29.5 Å². The zero-order chi connectivity index (χ0) is 20.8. The van der Waals surface area contributed by atoms with E-state index in [1.807, 2.05) is 26.8 Å². The van der Waals surface area contributed by atoms with Gasteiger partial charge >= 0.3 is 0 Å². The van der Waals surface area contributed by atoms with Crippen molar-refractivity contribution in [2.24, 2.45) is 5.92 Å². The second kappa shape index (κ2) is 7.00. The number of H-pyrrole nitrogens is 1. The SMILES string of the molecule is Cc1cc(C(C)(C)NC(=O)c2ccc(N3CC(F)(F)C3)c(OCC3CC3)c2)n[nH]1. The fraction of sp³-hybridized carbons (Fsp3) is 0.524. The van der Waals surface area contributed by atoms with Gasteiger partial charge in [0.05, 0.1) is 36.6 Å². The van der Waals surface area contributed by atoms with Crippen LogP contribution in [0.2, 0.25) is 0 Å². The summed E-state index contributed by atoms with van der Waals surface area (Å²) in [6.07, 6.45) is 2.24. The van der Waals surface area contributed by atoms with Crippen molar-refractivity contribution < 1.29 is 18.3 Å². The number of nitrogens with zero attached hydrogens (tertiary/aromatic N) is 2. The first-order chi connectivity index (χ1) is 13.6. The Bertz CT molecular complexity index is 913. The van der Waals surface area contributed by atoms with Crippen LogP contribution in [0.4, 0.5) is 14.5 Å². The third kappa shape index (κ3) is 4.36. The van der Waals surface area contributed by atoms with Crippen LogP contribution in [0.25, 0.3) is 0 Å². The second-order valence-corrected chi connectivity index (χ2v) is 8.66. The highest BCUT2D eigenvalue weighted by molar-refractivity contribution is 5.96. The Balaban J connectivity index is 1.53. The molecule has 2 N–H and O–H groups in total. The van der Waals surface area contributed by atoms with Crippen LogP contribution < -0.4 is 15.0 Å². The molecule has 1 saturated carbocycles.